The molecule has 0 unspecified atom stereocenters. The van der Waals surface area contributed by atoms with Gasteiger partial charge in [0.1, 0.15) is 5.52 Å². The van der Waals surface area contributed by atoms with Crippen LogP contribution in [0.25, 0.3) is 11.2 Å². The summed E-state index contributed by atoms with van der Waals surface area (Å²) >= 11 is 0. The van der Waals surface area contributed by atoms with Gasteiger partial charge in [-0.05, 0) is 23.8 Å². The number of rotatable bonds is 3. The first-order valence-corrected chi connectivity index (χ1v) is 6.42. The van der Waals surface area contributed by atoms with Crippen LogP contribution in [0, 0.1) is 0 Å². The number of nitrogens with zero attached hydrogens (tertiary/aromatic N) is 3. The van der Waals surface area contributed by atoms with E-state index in [9.17, 15) is 4.79 Å². The van der Waals surface area contributed by atoms with Crippen LogP contribution in [0.3, 0.4) is 0 Å². The number of hydrogen-bond acceptors (Lipinski definition) is 7. The van der Waals surface area contributed by atoms with E-state index in [-0.39, 0.29) is 6.79 Å². The van der Waals surface area contributed by atoms with Crippen molar-refractivity contribution in [1.82, 2.24) is 19.9 Å². The van der Waals surface area contributed by atoms with Gasteiger partial charge in [-0.3, -0.25) is 10.4 Å². The second-order valence-electron chi connectivity index (χ2n) is 4.50. The van der Waals surface area contributed by atoms with Gasteiger partial charge in [0.15, 0.2) is 23.0 Å². The number of aromatic nitrogens is 4. The van der Waals surface area contributed by atoms with Crippen molar-refractivity contribution >= 4 is 23.2 Å². The quantitative estimate of drug-likeness (QED) is 0.487. The summed E-state index contributed by atoms with van der Waals surface area (Å²) in [6.07, 6.45) is 3.06. The van der Waals surface area contributed by atoms with E-state index in [0.717, 1.165) is 5.56 Å². The van der Waals surface area contributed by atoms with E-state index in [2.05, 4.69) is 30.5 Å². The molecule has 9 heteroatoms. The Morgan fingerprint density at radius 2 is 2.23 bits per heavy atom. The molecule has 1 aromatic carbocycles. The third-order valence-corrected chi connectivity index (χ3v) is 3.10. The minimum atomic E-state index is -0.500. The fourth-order valence-corrected chi connectivity index (χ4v) is 2.10. The molecule has 9 nitrogen and oxygen atoms in total. The molecule has 3 heterocycles. The van der Waals surface area contributed by atoms with Gasteiger partial charge in [0, 0.05) is 0 Å². The van der Waals surface area contributed by atoms with E-state index in [4.69, 9.17) is 9.47 Å². The fraction of sp³-hybridized carbons (Fsp3) is 0.0769. The minimum absolute atomic E-state index is 0.226. The van der Waals surface area contributed by atoms with Crippen LogP contribution in [0.1, 0.15) is 5.56 Å². The molecule has 0 saturated heterocycles. The second-order valence-corrected chi connectivity index (χ2v) is 4.50. The highest BCUT2D eigenvalue weighted by atomic mass is 16.7. The lowest BCUT2D eigenvalue weighted by molar-refractivity contribution is 0.174. The monoisotopic (exact) mass is 298 g/mol. The molecule has 0 bridgehead atoms. The summed E-state index contributed by atoms with van der Waals surface area (Å²) in [5, 5.41) is 4.09. The molecule has 4 rings (SSSR count). The van der Waals surface area contributed by atoms with Crippen LogP contribution in [-0.4, -0.2) is 32.9 Å². The Morgan fingerprint density at radius 3 is 3.18 bits per heavy atom. The molecule has 110 valence electrons. The SMILES string of the molecule is O=c1nc2nc[nH]c2c(N/N=C\c2ccc3c(c2)OCO3)[nH]1. The van der Waals surface area contributed by atoms with E-state index < -0.39 is 5.69 Å². The number of imidazole rings is 1. The maximum Gasteiger partial charge on any atom is 0.348 e. The van der Waals surface area contributed by atoms with Crippen molar-refractivity contribution in [2.24, 2.45) is 5.10 Å². The Balaban J connectivity index is 1.58. The van der Waals surface area contributed by atoms with Crippen molar-refractivity contribution in [1.29, 1.82) is 0 Å². The zero-order chi connectivity index (χ0) is 14.9. The van der Waals surface area contributed by atoms with Gasteiger partial charge in [-0.2, -0.15) is 10.1 Å². The molecule has 0 spiro atoms. The highest BCUT2D eigenvalue weighted by molar-refractivity contribution is 5.84. The average molecular weight is 298 g/mol. The Hall–Kier alpha value is -3.36. The molecule has 0 atom stereocenters. The Labute approximate surface area is 123 Å². The van der Waals surface area contributed by atoms with E-state index in [0.29, 0.717) is 28.5 Å². The van der Waals surface area contributed by atoms with E-state index in [1.54, 1.807) is 6.21 Å². The number of fused-ring (bicyclic) bond motifs is 2. The number of hydrazone groups is 1. The smallest absolute Gasteiger partial charge is 0.348 e. The third kappa shape index (κ3) is 2.14. The Bertz CT molecular complexity index is 929. The predicted octanol–water partition coefficient (Wildman–Crippen LogP) is 0.821. The highest BCUT2D eigenvalue weighted by Gasteiger charge is 2.12. The predicted molar refractivity (Wildman–Crippen MR) is 78.3 cm³/mol. The summed E-state index contributed by atoms with van der Waals surface area (Å²) in [5.41, 5.74) is 3.98. The Morgan fingerprint density at radius 1 is 1.32 bits per heavy atom. The van der Waals surface area contributed by atoms with Crippen LogP contribution < -0.4 is 20.6 Å². The van der Waals surface area contributed by atoms with E-state index in [1.807, 2.05) is 18.2 Å². The van der Waals surface area contributed by atoms with Crippen LogP contribution in [0.5, 0.6) is 11.5 Å². The number of anilines is 1. The molecule has 1 aliphatic heterocycles. The van der Waals surface area contributed by atoms with Crippen LogP contribution in [0.2, 0.25) is 0 Å². The molecular weight excluding hydrogens is 288 g/mol. The third-order valence-electron chi connectivity index (χ3n) is 3.10. The number of benzene rings is 1. The lowest BCUT2D eigenvalue weighted by atomic mass is 10.2. The molecule has 2 aromatic heterocycles. The normalized spacial score (nSPS) is 13.1. The summed E-state index contributed by atoms with van der Waals surface area (Å²) in [6, 6.07) is 5.47. The summed E-state index contributed by atoms with van der Waals surface area (Å²) in [7, 11) is 0. The van der Waals surface area contributed by atoms with Gasteiger partial charge < -0.3 is 14.5 Å². The summed E-state index contributed by atoms with van der Waals surface area (Å²) < 4.78 is 10.5. The lowest BCUT2D eigenvalue weighted by Gasteiger charge is -2.01. The van der Waals surface area contributed by atoms with Gasteiger partial charge in [-0.25, -0.2) is 9.78 Å². The second kappa shape index (κ2) is 4.88. The van der Waals surface area contributed by atoms with Crippen LogP contribution in [0.15, 0.2) is 34.4 Å². The van der Waals surface area contributed by atoms with Gasteiger partial charge in [0.25, 0.3) is 0 Å². The number of H-pyrrole nitrogens is 2. The van der Waals surface area contributed by atoms with Crippen molar-refractivity contribution < 1.29 is 9.47 Å². The molecule has 0 radical (unpaired) electrons. The van der Waals surface area contributed by atoms with E-state index >= 15 is 0 Å². The number of nitrogens with one attached hydrogen (secondary N) is 3. The topological polar surface area (TPSA) is 117 Å². The van der Waals surface area contributed by atoms with Gasteiger partial charge in [-0.15, -0.1) is 0 Å². The summed E-state index contributed by atoms with van der Waals surface area (Å²) in [4.78, 5) is 24.5. The van der Waals surface area contributed by atoms with Crippen molar-refractivity contribution in [2.75, 3.05) is 12.2 Å². The zero-order valence-electron chi connectivity index (χ0n) is 11.2. The van der Waals surface area contributed by atoms with Crippen LogP contribution in [-0.2, 0) is 0 Å². The maximum absolute atomic E-state index is 11.4. The number of ether oxygens (including phenoxy) is 2. The molecule has 0 aliphatic carbocycles. The molecule has 3 N–H and O–H groups in total. The summed E-state index contributed by atoms with van der Waals surface area (Å²) in [6.45, 7) is 0.226. The highest BCUT2D eigenvalue weighted by Crippen LogP contribution is 2.31. The van der Waals surface area contributed by atoms with Crippen LogP contribution >= 0.6 is 0 Å². The van der Waals surface area contributed by atoms with Gasteiger partial charge in [-0.1, -0.05) is 0 Å². The van der Waals surface area contributed by atoms with Crippen LogP contribution in [0.4, 0.5) is 5.82 Å². The number of hydrogen-bond donors (Lipinski definition) is 3. The lowest BCUT2D eigenvalue weighted by Crippen LogP contribution is -2.12. The summed E-state index contributed by atoms with van der Waals surface area (Å²) in [5.74, 6) is 1.78. The minimum Gasteiger partial charge on any atom is -0.454 e. The first-order valence-electron chi connectivity index (χ1n) is 6.42. The molecule has 0 fully saturated rings. The van der Waals surface area contributed by atoms with Crippen molar-refractivity contribution in [3.63, 3.8) is 0 Å². The van der Waals surface area contributed by atoms with Crippen molar-refractivity contribution in [2.45, 2.75) is 0 Å². The molecular formula is C13H10N6O3. The molecule has 3 aromatic rings. The van der Waals surface area contributed by atoms with Gasteiger partial charge >= 0.3 is 5.69 Å². The fourth-order valence-electron chi connectivity index (χ4n) is 2.10. The van der Waals surface area contributed by atoms with Crippen molar-refractivity contribution in [3.05, 3.63) is 40.6 Å². The number of aromatic amines is 2. The molecule has 0 amide bonds. The zero-order valence-corrected chi connectivity index (χ0v) is 11.2. The van der Waals surface area contributed by atoms with Crippen molar-refractivity contribution in [3.8, 4) is 11.5 Å². The molecule has 22 heavy (non-hydrogen) atoms. The molecule has 1 aliphatic rings. The Kier molecular flexibility index (Phi) is 2.75. The standard InChI is InChI=1S/C13H10N6O3/c20-13-17-11-10(14-5-15-11)12(18-13)19-16-4-7-1-2-8-9(3-7)22-6-21-8/h1-5H,6H2,(H3,14,15,17,18,19,20)/b16-4-. The van der Waals surface area contributed by atoms with E-state index in [1.165, 1.54) is 6.33 Å². The average Bonchev–Trinajstić information content (AvgIpc) is 3.14. The first kappa shape index (κ1) is 12.4. The first-order chi connectivity index (χ1) is 10.8. The molecule has 0 saturated carbocycles. The largest absolute Gasteiger partial charge is 0.454 e. The van der Waals surface area contributed by atoms with Gasteiger partial charge in [0.05, 0.1) is 12.5 Å². The maximum atomic E-state index is 11.4. The van der Waals surface area contributed by atoms with Gasteiger partial charge in [0.2, 0.25) is 6.79 Å².